The summed E-state index contributed by atoms with van der Waals surface area (Å²) < 4.78 is 31.9. The second kappa shape index (κ2) is 5.69. The molecule has 0 bridgehead atoms. The molecule has 0 atom stereocenters. The Morgan fingerprint density at radius 3 is 2.54 bits per heavy atom. The summed E-state index contributed by atoms with van der Waals surface area (Å²) in [6.45, 7) is 0. The van der Waals surface area contributed by atoms with Crippen LogP contribution in [0.3, 0.4) is 0 Å². The summed E-state index contributed by atoms with van der Waals surface area (Å²) in [5.74, 6) is -0.405. The molecule has 0 spiro atoms. The second-order valence-electron chi connectivity index (χ2n) is 5.08. The number of nitrogens with one attached hydrogen (secondary N) is 1. The van der Waals surface area contributed by atoms with E-state index in [1.807, 2.05) is 0 Å². The van der Waals surface area contributed by atoms with Crippen molar-refractivity contribution in [2.75, 3.05) is 0 Å². The van der Waals surface area contributed by atoms with Crippen LogP contribution in [0, 0.1) is 11.6 Å². The van der Waals surface area contributed by atoms with Gasteiger partial charge in [-0.25, -0.2) is 8.78 Å². The first-order valence-electron chi connectivity index (χ1n) is 7.11. The van der Waals surface area contributed by atoms with Crippen molar-refractivity contribution in [2.45, 2.75) is 0 Å². The van der Waals surface area contributed by atoms with Gasteiger partial charge in [0.2, 0.25) is 5.82 Å². The molecule has 4 rings (SSSR count). The smallest absolute Gasteiger partial charge is 0.276 e. The molecular weight excluding hydrogens is 314 g/mol. The standard InChI is InChI=1S/C17H10F2N4O/c18-11-7-5-10(6-8-11)14-9-15(22-21-14)17-20-16(23-24-17)12-3-1-2-4-13(12)19/h1-9H,(H,21,22). The molecule has 0 saturated carbocycles. The number of hydrogen-bond donors (Lipinski definition) is 1. The molecule has 0 aliphatic carbocycles. The minimum Gasteiger partial charge on any atom is -0.332 e. The number of hydrogen-bond acceptors (Lipinski definition) is 4. The summed E-state index contributed by atoms with van der Waals surface area (Å²) in [6, 6.07) is 13.8. The zero-order valence-electron chi connectivity index (χ0n) is 12.2. The number of rotatable bonds is 3. The number of benzene rings is 2. The van der Waals surface area contributed by atoms with Crippen LogP contribution in [0.4, 0.5) is 8.78 Å². The summed E-state index contributed by atoms with van der Waals surface area (Å²) >= 11 is 0. The molecule has 4 aromatic rings. The minimum atomic E-state index is -0.429. The van der Waals surface area contributed by atoms with E-state index < -0.39 is 5.82 Å². The molecule has 0 fully saturated rings. The SMILES string of the molecule is Fc1ccc(-c2cc(-c3nc(-c4ccccc4F)no3)[nH]n2)cc1. The third kappa shape index (κ3) is 2.56. The maximum absolute atomic E-state index is 13.8. The molecule has 118 valence electrons. The van der Waals surface area contributed by atoms with Crippen molar-refractivity contribution in [2.24, 2.45) is 0 Å². The van der Waals surface area contributed by atoms with Gasteiger partial charge in [-0.05, 0) is 42.5 Å². The summed E-state index contributed by atoms with van der Waals surface area (Å²) in [7, 11) is 0. The summed E-state index contributed by atoms with van der Waals surface area (Å²) in [6.07, 6.45) is 0. The molecule has 2 aromatic carbocycles. The predicted molar refractivity (Wildman–Crippen MR) is 82.7 cm³/mol. The minimum absolute atomic E-state index is 0.154. The molecule has 5 nitrogen and oxygen atoms in total. The average molecular weight is 324 g/mol. The fraction of sp³-hybridized carbons (Fsp3) is 0. The van der Waals surface area contributed by atoms with Crippen LogP contribution in [0.2, 0.25) is 0 Å². The molecule has 2 aromatic heterocycles. The van der Waals surface area contributed by atoms with Crippen LogP contribution in [-0.4, -0.2) is 20.3 Å². The topological polar surface area (TPSA) is 67.6 Å². The van der Waals surface area contributed by atoms with Crippen LogP contribution in [0.15, 0.2) is 59.1 Å². The van der Waals surface area contributed by atoms with Crippen LogP contribution < -0.4 is 0 Å². The Kier molecular flexibility index (Phi) is 3.38. The van der Waals surface area contributed by atoms with Gasteiger partial charge in [-0.2, -0.15) is 10.1 Å². The van der Waals surface area contributed by atoms with Gasteiger partial charge >= 0.3 is 0 Å². The van der Waals surface area contributed by atoms with E-state index in [1.165, 1.54) is 18.2 Å². The monoisotopic (exact) mass is 324 g/mol. The quantitative estimate of drug-likeness (QED) is 0.617. The Morgan fingerprint density at radius 1 is 0.958 bits per heavy atom. The highest BCUT2D eigenvalue weighted by molar-refractivity contribution is 5.65. The van der Waals surface area contributed by atoms with E-state index in [1.54, 1.807) is 36.4 Å². The maximum atomic E-state index is 13.8. The lowest BCUT2D eigenvalue weighted by atomic mass is 10.1. The van der Waals surface area contributed by atoms with Gasteiger partial charge in [0, 0.05) is 5.56 Å². The van der Waals surface area contributed by atoms with Crippen molar-refractivity contribution >= 4 is 0 Å². The van der Waals surface area contributed by atoms with Crippen LogP contribution >= 0.6 is 0 Å². The van der Waals surface area contributed by atoms with Crippen molar-refractivity contribution in [3.63, 3.8) is 0 Å². The summed E-state index contributed by atoms with van der Waals surface area (Å²) in [5.41, 5.74) is 2.10. The molecule has 2 heterocycles. The van der Waals surface area contributed by atoms with Crippen molar-refractivity contribution in [3.05, 3.63) is 66.2 Å². The molecule has 0 aliphatic heterocycles. The first-order chi connectivity index (χ1) is 11.7. The van der Waals surface area contributed by atoms with Crippen LogP contribution in [0.25, 0.3) is 34.2 Å². The normalized spacial score (nSPS) is 10.9. The molecule has 0 unspecified atom stereocenters. The lowest BCUT2D eigenvalue weighted by Gasteiger charge is -1.94. The largest absolute Gasteiger partial charge is 0.332 e. The predicted octanol–water partition coefficient (Wildman–Crippen LogP) is 4.07. The number of nitrogens with zero attached hydrogens (tertiary/aromatic N) is 3. The van der Waals surface area contributed by atoms with Gasteiger partial charge in [-0.15, -0.1) is 0 Å². The molecule has 24 heavy (non-hydrogen) atoms. The van der Waals surface area contributed by atoms with E-state index >= 15 is 0 Å². The number of aromatic amines is 1. The zero-order valence-corrected chi connectivity index (χ0v) is 12.2. The van der Waals surface area contributed by atoms with E-state index in [0.29, 0.717) is 11.4 Å². The van der Waals surface area contributed by atoms with Gasteiger partial charge in [-0.3, -0.25) is 5.10 Å². The number of H-pyrrole nitrogens is 1. The average Bonchev–Trinajstić information content (AvgIpc) is 3.25. The van der Waals surface area contributed by atoms with Crippen LogP contribution in [0.5, 0.6) is 0 Å². The molecule has 0 radical (unpaired) electrons. The van der Waals surface area contributed by atoms with Crippen LogP contribution in [-0.2, 0) is 0 Å². The fourth-order valence-electron chi connectivity index (χ4n) is 2.28. The van der Waals surface area contributed by atoms with Crippen molar-refractivity contribution in [3.8, 4) is 34.2 Å². The highest BCUT2D eigenvalue weighted by Gasteiger charge is 2.15. The van der Waals surface area contributed by atoms with E-state index in [0.717, 1.165) is 5.56 Å². The zero-order chi connectivity index (χ0) is 16.5. The number of aromatic nitrogens is 4. The lowest BCUT2D eigenvalue weighted by Crippen LogP contribution is -1.85. The Hall–Kier alpha value is -3.35. The fourth-order valence-corrected chi connectivity index (χ4v) is 2.28. The maximum Gasteiger partial charge on any atom is 0.276 e. The molecule has 0 saturated heterocycles. The summed E-state index contributed by atoms with van der Waals surface area (Å²) in [5, 5.41) is 10.7. The van der Waals surface area contributed by atoms with Gasteiger partial charge in [0.25, 0.3) is 5.89 Å². The number of halogens is 2. The molecule has 0 amide bonds. The van der Waals surface area contributed by atoms with Gasteiger partial charge < -0.3 is 4.52 Å². The van der Waals surface area contributed by atoms with E-state index in [-0.39, 0.29) is 23.1 Å². The highest BCUT2D eigenvalue weighted by atomic mass is 19.1. The molecule has 1 N–H and O–H groups in total. The van der Waals surface area contributed by atoms with Gasteiger partial charge in [0.1, 0.15) is 17.3 Å². The van der Waals surface area contributed by atoms with Crippen molar-refractivity contribution < 1.29 is 13.3 Å². The molecule has 7 heteroatoms. The van der Waals surface area contributed by atoms with E-state index in [2.05, 4.69) is 20.3 Å². The first-order valence-corrected chi connectivity index (χ1v) is 7.11. The van der Waals surface area contributed by atoms with Crippen molar-refractivity contribution in [1.82, 2.24) is 20.3 Å². The molecule has 0 aliphatic rings. The second-order valence-corrected chi connectivity index (χ2v) is 5.08. The first kappa shape index (κ1) is 14.3. The molecular formula is C17H10F2N4O. The van der Waals surface area contributed by atoms with Gasteiger partial charge in [0.15, 0.2) is 0 Å². The van der Waals surface area contributed by atoms with Gasteiger partial charge in [-0.1, -0.05) is 17.3 Å². The Bertz CT molecular complexity index is 992. The summed E-state index contributed by atoms with van der Waals surface area (Å²) in [4.78, 5) is 4.18. The Morgan fingerprint density at radius 2 is 1.75 bits per heavy atom. The third-order valence-corrected chi connectivity index (χ3v) is 3.49. The van der Waals surface area contributed by atoms with Gasteiger partial charge in [0.05, 0.1) is 11.3 Å². The van der Waals surface area contributed by atoms with E-state index in [9.17, 15) is 8.78 Å². The van der Waals surface area contributed by atoms with E-state index in [4.69, 9.17) is 4.52 Å². The third-order valence-electron chi connectivity index (χ3n) is 3.49. The van der Waals surface area contributed by atoms with Crippen LogP contribution in [0.1, 0.15) is 0 Å². The van der Waals surface area contributed by atoms with Crippen molar-refractivity contribution in [1.29, 1.82) is 0 Å². The Labute approximate surface area is 135 Å². The highest BCUT2D eigenvalue weighted by Crippen LogP contribution is 2.26. The lowest BCUT2D eigenvalue weighted by molar-refractivity contribution is 0.430. The Balaban J connectivity index is 1.66.